The standard InChI is InChI=1S/C19H18FN6O2S/c1-10-15-16(22-12(3)27)23-17(18-21-11(2)24-29-18)26(15)9-8-25(10)19(28)13-4-6-14(20)7-5-13/h4-7,10H,3,8-9H2,1-2H3,(H,22,27)/t10-/m1/s1. The van der Waals surface area contributed by atoms with Crippen molar-refractivity contribution in [1.29, 1.82) is 0 Å². The summed E-state index contributed by atoms with van der Waals surface area (Å²) in [5.41, 5.74) is 1.08. The fraction of sp³-hybridized carbons (Fsp3) is 0.263. The molecular formula is C19H18FN6O2S. The fourth-order valence-corrected chi connectivity index (χ4v) is 4.14. The van der Waals surface area contributed by atoms with Gasteiger partial charge in [0.05, 0.1) is 11.7 Å². The summed E-state index contributed by atoms with van der Waals surface area (Å²) in [6.45, 7) is 7.93. The van der Waals surface area contributed by atoms with Crippen molar-refractivity contribution in [2.45, 2.75) is 26.4 Å². The predicted molar refractivity (Wildman–Crippen MR) is 106 cm³/mol. The number of anilines is 1. The molecule has 0 spiro atoms. The first-order valence-corrected chi connectivity index (χ1v) is 9.73. The SMILES string of the molecule is [CH2]C(=O)Nc1nc(-c2nc(C)ns2)n2c1[C@@H](C)N(C(=O)c1ccc(F)cc1)CC2. The van der Waals surface area contributed by atoms with E-state index in [-0.39, 0.29) is 11.9 Å². The topological polar surface area (TPSA) is 93.0 Å². The van der Waals surface area contributed by atoms with Crippen LogP contribution in [0.15, 0.2) is 24.3 Å². The number of aromatic nitrogens is 4. The molecule has 149 valence electrons. The van der Waals surface area contributed by atoms with Crippen LogP contribution in [0.5, 0.6) is 0 Å². The predicted octanol–water partition coefficient (Wildman–Crippen LogP) is 2.84. The Morgan fingerprint density at radius 1 is 1.24 bits per heavy atom. The Morgan fingerprint density at radius 3 is 2.59 bits per heavy atom. The van der Waals surface area contributed by atoms with Gasteiger partial charge in [0.25, 0.3) is 5.91 Å². The average Bonchev–Trinajstić information content (AvgIpc) is 3.26. The second-order valence-electron chi connectivity index (χ2n) is 6.70. The van der Waals surface area contributed by atoms with Gasteiger partial charge < -0.3 is 14.8 Å². The molecule has 29 heavy (non-hydrogen) atoms. The van der Waals surface area contributed by atoms with E-state index in [0.717, 1.165) is 0 Å². The highest BCUT2D eigenvalue weighted by molar-refractivity contribution is 7.09. The largest absolute Gasteiger partial charge is 0.328 e. The molecule has 0 saturated heterocycles. The third-order valence-electron chi connectivity index (χ3n) is 4.76. The van der Waals surface area contributed by atoms with Crippen molar-refractivity contribution in [3.63, 3.8) is 0 Å². The van der Waals surface area contributed by atoms with Crippen LogP contribution in [0.1, 0.15) is 34.8 Å². The third-order valence-corrected chi connectivity index (χ3v) is 5.57. The molecule has 1 aliphatic heterocycles. The molecule has 0 unspecified atom stereocenters. The summed E-state index contributed by atoms with van der Waals surface area (Å²) in [5, 5.41) is 3.29. The van der Waals surface area contributed by atoms with E-state index in [2.05, 4.69) is 26.6 Å². The maximum absolute atomic E-state index is 13.2. The molecule has 1 radical (unpaired) electrons. The van der Waals surface area contributed by atoms with Crippen molar-refractivity contribution in [2.75, 3.05) is 11.9 Å². The number of imidazole rings is 1. The summed E-state index contributed by atoms with van der Waals surface area (Å²) < 4.78 is 19.4. The highest BCUT2D eigenvalue weighted by Gasteiger charge is 2.34. The van der Waals surface area contributed by atoms with Crippen LogP contribution in [-0.4, -0.2) is 42.2 Å². The maximum Gasteiger partial charge on any atom is 0.254 e. The average molecular weight is 413 g/mol. The zero-order valence-electron chi connectivity index (χ0n) is 15.8. The van der Waals surface area contributed by atoms with E-state index in [1.807, 2.05) is 11.5 Å². The molecule has 3 heterocycles. The van der Waals surface area contributed by atoms with E-state index in [9.17, 15) is 14.0 Å². The summed E-state index contributed by atoms with van der Waals surface area (Å²) in [7, 11) is 0. The van der Waals surface area contributed by atoms with Gasteiger partial charge in [-0.25, -0.2) is 14.4 Å². The van der Waals surface area contributed by atoms with Gasteiger partial charge in [0.1, 0.15) is 11.6 Å². The van der Waals surface area contributed by atoms with Gasteiger partial charge in [-0.3, -0.25) is 9.59 Å². The van der Waals surface area contributed by atoms with E-state index in [1.165, 1.54) is 35.8 Å². The minimum absolute atomic E-state index is 0.217. The summed E-state index contributed by atoms with van der Waals surface area (Å²) in [5.74, 6) is 0.461. The van der Waals surface area contributed by atoms with Crippen molar-refractivity contribution in [1.82, 2.24) is 23.8 Å². The van der Waals surface area contributed by atoms with Gasteiger partial charge in [-0.05, 0) is 49.6 Å². The number of rotatable bonds is 3. The number of nitrogens with one attached hydrogen (secondary N) is 1. The van der Waals surface area contributed by atoms with Crippen LogP contribution < -0.4 is 5.32 Å². The van der Waals surface area contributed by atoms with Gasteiger partial charge in [0, 0.05) is 25.6 Å². The van der Waals surface area contributed by atoms with Crippen LogP contribution in [-0.2, 0) is 11.3 Å². The number of halogens is 1. The normalized spacial score (nSPS) is 15.9. The summed E-state index contributed by atoms with van der Waals surface area (Å²) in [6.07, 6.45) is 0. The lowest BCUT2D eigenvalue weighted by atomic mass is 10.1. The van der Waals surface area contributed by atoms with Crippen LogP contribution >= 0.6 is 11.5 Å². The van der Waals surface area contributed by atoms with Crippen LogP contribution in [0.3, 0.4) is 0 Å². The first-order valence-electron chi connectivity index (χ1n) is 8.95. The molecule has 4 rings (SSSR count). The molecule has 2 amide bonds. The van der Waals surface area contributed by atoms with Crippen molar-refractivity contribution < 1.29 is 14.0 Å². The summed E-state index contributed by atoms with van der Waals surface area (Å²) in [6, 6.07) is 5.07. The second kappa shape index (κ2) is 7.36. The molecule has 0 fully saturated rings. The number of amides is 2. The lowest BCUT2D eigenvalue weighted by molar-refractivity contribution is -0.112. The number of carbonyl (C=O) groups is 2. The monoisotopic (exact) mass is 413 g/mol. The maximum atomic E-state index is 13.2. The van der Waals surface area contributed by atoms with E-state index in [0.29, 0.717) is 46.8 Å². The molecule has 1 N–H and O–H groups in total. The molecule has 10 heteroatoms. The van der Waals surface area contributed by atoms with Crippen LogP contribution in [0.2, 0.25) is 0 Å². The first-order chi connectivity index (χ1) is 13.8. The molecule has 0 aliphatic carbocycles. The van der Waals surface area contributed by atoms with E-state index >= 15 is 0 Å². The third kappa shape index (κ3) is 3.51. The Hall–Kier alpha value is -3.14. The van der Waals surface area contributed by atoms with Crippen LogP contribution in [0.25, 0.3) is 10.8 Å². The molecule has 1 atom stereocenters. The van der Waals surface area contributed by atoms with Crippen molar-refractivity contribution in [2.24, 2.45) is 0 Å². The minimum atomic E-state index is -0.500. The van der Waals surface area contributed by atoms with Gasteiger partial charge in [0.2, 0.25) is 5.91 Å². The minimum Gasteiger partial charge on any atom is -0.328 e. The Bertz CT molecular complexity index is 1090. The Balaban J connectivity index is 1.74. The zero-order chi connectivity index (χ0) is 20.7. The molecule has 2 aromatic heterocycles. The Labute approximate surface area is 170 Å². The van der Waals surface area contributed by atoms with Gasteiger partial charge in [0.15, 0.2) is 16.6 Å². The molecule has 3 aromatic rings. The lowest BCUT2D eigenvalue weighted by Crippen LogP contribution is -2.41. The van der Waals surface area contributed by atoms with Gasteiger partial charge in [-0.15, -0.1) is 0 Å². The summed E-state index contributed by atoms with van der Waals surface area (Å²) in [4.78, 5) is 35.2. The Morgan fingerprint density at radius 2 is 1.97 bits per heavy atom. The molecule has 0 saturated carbocycles. The zero-order valence-corrected chi connectivity index (χ0v) is 16.7. The van der Waals surface area contributed by atoms with Crippen molar-refractivity contribution in [3.05, 3.63) is 54.1 Å². The van der Waals surface area contributed by atoms with Gasteiger partial charge in [-0.1, -0.05) is 0 Å². The first kappa shape index (κ1) is 19.2. The number of fused-ring (bicyclic) bond motifs is 1. The van der Waals surface area contributed by atoms with E-state index < -0.39 is 11.7 Å². The lowest BCUT2D eigenvalue weighted by Gasteiger charge is -2.35. The number of benzene rings is 1. The van der Waals surface area contributed by atoms with Crippen LogP contribution in [0.4, 0.5) is 10.2 Å². The second-order valence-corrected chi connectivity index (χ2v) is 7.45. The highest BCUT2D eigenvalue weighted by Crippen LogP contribution is 2.36. The smallest absolute Gasteiger partial charge is 0.254 e. The van der Waals surface area contributed by atoms with E-state index in [4.69, 9.17) is 0 Å². The molecule has 8 nitrogen and oxygen atoms in total. The number of hydrogen-bond acceptors (Lipinski definition) is 6. The quantitative estimate of drug-likeness (QED) is 0.713. The van der Waals surface area contributed by atoms with Crippen molar-refractivity contribution >= 4 is 29.2 Å². The van der Waals surface area contributed by atoms with E-state index in [1.54, 1.807) is 11.8 Å². The molecule has 1 aliphatic rings. The van der Waals surface area contributed by atoms with Gasteiger partial charge >= 0.3 is 0 Å². The number of carbonyl (C=O) groups excluding carboxylic acids is 2. The molecule has 0 bridgehead atoms. The molecule has 1 aromatic carbocycles. The number of nitrogens with zero attached hydrogens (tertiary/aromatic N) is 5. The number of aryl methyl sites for hydroxylation is 1. The van der Waals surface area contributed by atoms with Crippen molar-refractivity contribution in [3.8, 4) is 10.8 Å². The Kier molecular flexibility index (Phi) is 4.87. The summed E-state index contributed by atoms with van der Waals surface area (Å²) >= 11 is 1.23. The van der Waals surface area contributed by atoms with Gasteiger partial charge in [-0.2, -0.15) is 4.37 Å². The number of hydrogen-bond donors (Lipinski definition) is 1. The fourth-order valence-electron chi connectivity index (χ4n) is 3.48. The molecular weight excluding hydrogens is 395 g/mol. The van der Waals surface area contributed by atoms with Crippen LogP contribution in [0, 0.1) is 19.7 Å². The highest BCUT2D eigenvalue weighted by atomic mass is 32.1.